The number of benzene rings is 2. The number of carboxylic acids is 1. The number of hydrogen-bond acceptors (Lipinski definition) is 4. The predicted octanol–water partition coefficient (Wildman–Crippen LogP) is 6.79. The van der Waals surface area contributed by atoms with Crippen LogP contribution in [0.1, 0.15) is 94.0 Å². The highest BCUT2D eigenvalue weighted by molar-refractivity contribution is 5.83. The van der Waals surface area contributed by atoms with Crippen LogP contribution in [0.5, 0.6) is 5.75 Å². The van der Waals surface area contributed by atoms with Gasteiger partial charge in [0.1, 0.15) is 12.4 Å². The van der Waals surface area contributed by atoms with Crippen LogP contribution in [0.4, 0.5) is 0 Å². The fraction of sp³-hybridized carbons (Fsp3) is 0.484. The molecule has 0 aliphatic carbocycles. The lowest BCUT2D eigenvalue weighted by molar-refractivity contribution is -0.138. The van der Waals surface area contributed by atoms with Gasteiger partial charge in [-0.05, 0) is 73.4 Å². The first-order valence-corrected chi connectivity index (χ1v) is 13.0. The third kappa shape index (κ3) is 7.07. The second-order valence-electron chi connectivity index (χ2n) is 9.71. The topological polar surface area (TPSA) is 83.8 Å². The molecule has 0 aliphatic rings. The number of hydrogen-bond donors (Lipinski definition) is 2. The first kappa shape index (κ1) is 29.3. The normalized spacial score (nSPS) is 12.2. The van der Waals surface area contributed by atoms with E-state index in [1.54, 1.807) is 0 Å². The minimum atomic E-state index is -0.984. The molecule has 0 unspecified atom stereocenters. The van der Waals surface area contributed by atoms with Gasteiger partial charge in [0.15, 0.2) is 5.78 Å². The highest BCUT2D eigenvalue weighted by Gasteiger charge is 2.31. The molecule has 0 bridgehead atoms. The second kappa shape index (κ2) is 12.9. The van der Waals surface area contributed by atoms with E-state index in [0.29, 0.717) is 18.6 Å². The number of rotatable bonds is 14. The van der Waals surface area contributed by atoms with Crippen molar-refractivity contribution in [3.05, 3.63) is 70.3 Å². The maximum absolute atomic E-state index is 11.9. The van der Waals surface area contributed by atoms with E-state index in [1.807, 2.05) is 39.0 Å². The summed E-state index contributed by atoms with van der Waals surface area (Å²) in [5, 5.41) is 19.4. The fourth-order valence-corrected chi connectivity index (χ4v) is 4.71. The standard InChI is InChI=1S/C31H42O5/c1-7-30(35,8-2)18-17-24-11-12-25(19-22(24)5)31(9-3,10-4)26-13-15-28(23(6)20-26)36-21-27(32)14-16-29(33)34/h11-13,15,17-20,35H,7-10,14,16,21H2,1-6H3,(H,33,34)/b18-17+. The number of ketones is 1. The van der Waals surface area contributed by atoms with E-state index in [0.717, 1.165) is 24.0 Å². The van der Waals surface area contributed by atoms with Gasteiger partial charge in [-0.25, -0.2) is 0 Å². The van der Waals surface area contributed by atoms with Gasteiger partial charge in [-0.15, -0.1) is 0 Å². The first-order chi connectivity index (χ1) is 17.0. The molecule has 5 nitrogen and oxygen atoms in total. The lowest BCUT2D eigenvalue weighted by atomic mass is 9.70. The average Bonchev–Trinajstić information content (AvgIpc) is 2.87. The van der Waals surface area contributed by atoms with Gasteiger partial charge in [0, 0.05) is 11.8 Å². The first-order valence-electron chi connectivity index (χ1n) is 13.0. The van der Waals surface area contributed by atoms with Crippen molar-refractivity contribution in [1.29, 1.82) is 0 Å². The summed E-state index contributed by atoms with van der Waals surface area (Å²) in [4.78, 5) is 22.6. The van der Waals surface area contributed by atoms with Crippen molar-refractivity contribution in [2.75, 3.05) is 6.61 Å². The zero-order valence-corrected chi connectivity index (χ0v) is 22.7. The van der Waals surface area contributed by atoms with Crippen LogP contribution in [0.15, 0.2) is 42.5 Å². The molecular formula is C31H42O5. The Balaban J connectivity index is 2.31. The van der Waals surface area contributed by atoms with Crippen LogP contribution >= 0.6 is 0 Å². The zero-order chi connectivity index (χ0) is 26.9. The molecule has 0 fully saturated rings. The largest absolute Gasteiger partial charge is 0.486 e. The van der Waals surface area contributed by atoms with Crippen LogP contribution in [0.3, 0.4) is 0 Å². The summed E-state index contributed by atoms with van der Waals surface area (Å²) in [6.07, 6.45) is 6.95. The number of carbonyl (C=O) groups is 2. The highest BCUT2D eigenvalue weighted by atomic mass is 16.5. The van der Waals surface area contributed by atoms with Crippen LogP contribution < -0.4 is 4.74 Å². The summed E-state index contributed by atoms with van der Waals surface area (Å²) in [6, 6.07) is 12.7. The second-order valence-corrected chi connectivity index (χ2v) is 9.71. The Morgan fingerprint density at radius 1 is 0.861 bits per heavy atom. The smallest absolute Gasteiger partial charge is 0.303 e. The molecule has 2 aromatic rings. The molecule has 36 heavy (non-hydrogen) atoms. The molecule has 2 aromatic carbocycles. The Bertz CT molecular complexity index is 1070. The summed E-state index contributed by atoms with van der Waals surface area (Å²) in [5.41, 5.74) is 4.72. The number of carbonyl (C=O) groups excluding carboxylic acids is 1. The third-order valence-electron chi connectivity index (χ3n) is 7.56. The maximum atomic E-state index is 11.9. The van der Waals surface area contributed by atoms with Crippen LogP contribution in [0.2, 0.25) is 0 Å². The van der Waals surface area contributed by atoms with Gasteiger partial charge >= 0.3 is 5.97 Å². The number of aliphatic carboxylic acids is 1. The summed E-state index contributed by atoms with van der Waals surface area (Å²) in [6.45, 7) is 12.4. The predicted molar refractivity (Wildman–Crippen MR) is 146 cm³/mol. The van der Waals surface area contributed by atoms with Crippen molar-refractivity contribution in [2.45, 2.75) is 91.1 Å². The van der Waals surface area contributed by atoms with E-state index in [9.17, 15) is 14.7 Å². The molecular weight excluding hydrogens is 452 g/mol. The molecule has 0 spiro atoms. The molecule has 196 valence electrons. The minimum absolute atomic E-state index is 0.0258. The zero-order valence-electron chi connectivity index (χ0n) is 22.7. The van der Waals surface area contributed by atoms with E-state index in [2.05, 4.69) is 51.1 Å². The van der Waals surface area contributed by atoms with Crippen LogP contribution in [-0.4, -0.2) is 34.2 Å². The Hall–Kier alpha value is -2.92. The fourth-order valence-electron chi connectivity index (χ4n) is 4.71. The highest BCUT2D eigenvalue weighted by Crippen LogP contribution is 2.41. The van der Waals surface area contributed by atoms with Crippen molar-refractivity contribution in [1.82, 2.24) is 0 Å². The van der Waals surface area contributed by atoms with Crippen molar-refractivity contribution in [3.63, 3.8) is 0 Å². The summed E-state index contributed by atoms with van der Waals surface area (Å²) in [7, 11) is 0. The van der Waals surface area contributed by atoms with Gasteiger partial charge in [0.25, 0.3) is 0 Å². The molecule has 5 heteroatoms. The van der Waals surface area contributed by atoms with Crippen molar-refractivity contribution in [2.24, 2.45) is 0 Å². The summed E-state index contributed by atoms with van der Waals surface area (Å²) >= 11 is 0. The Morgan fingerprint density at radius 2 is 1.44 bits per heavy atom. The Kier molecular flexibility index (Phi) is 10.5. The molecule has 2 N–H and O–H groups in total. The SMILES string of the molecule is CCC(O)(/C=C/c1ccc(C(CC)(CC)c2ccc(OCC(=O)CCC(=O)O)c(C)c2)cc1C)CC. The Labute approximate surface area is 216 Å². The van der Waals surface area contributed by atoms with Gasteiger partial charge in [0.2, 0.25) is 0 Å². The van der Waals surface area contributed by atoms with E-state index >= 15 is 0 Å². The third-order valence-corrected chi connectivity index (χ3v) is 7.56. The van der Waals surface area contributed by atoms with E-state index < -0.39 is 11.6 Å². The molecule has 0 radical (unpaired) electrons. The average molecular weight is 495 g/mol. The van der Waals surface area contributed by atoms with Crippen LogP contribution in [0.25, 0.3) is 6.08 Å². The molecule has 2 rings (SSSR count). The molecule has 0 amide bonds. The van der Waals surface area contributed by atoms with Crippen LogP contribution in [-0.2, 0) is 15.0 Å². The molecule has 0 heterocycles. The minimum Gasteiger partial charge on any atom is -0.486 e. The molecule has 0 saturated carbocycles. The van der Waals surface area contributed by atoms with Crippen molar-refractivity contribution in [3.8, 4) is 5.75 Å². The van der Waals surface area contributed by atoms with Gasteiger partial charge in [-0.3, -0.25) is 9.59 Å². The Morgan fingerprint density at radius 3 is 1.94 bits per heavy atom. The lowest BCUT2D eigenvalue weighted by Gasteiger charge is -2.34. The van der Waals surface area contributed by atoms with Gasteiger partial charge in [0.05, 0.1) is 12.0 Å². The monoisotopic (exact) mass is 494 g/mol. The number of ether oxygens (including phenoxy) is 1. The number of aryl methyl sites for hydroxylation is 2. The van der Waals surface area contributed by atoms with E-state index in [1.165, 1.54) is 16.7 Å². The van der Waals surface area contributed by atoms with Crippen LogP contribution in [0, 0.1) is 13.8 Å². The number of carboxylic acid groups (broad SMARTS) is 1. The van der Waals surface area contributed by atoms with Gasteiger partial charge in [-0.1, -0.05) is 70.2 Å². The van der Waals surface area contributed by atoms with E-state index in [-0.39, 0.29) is 30.6 Å². The molecule has 0 aliphatic heterocycles. The maximum Gasteiger partial charge on any atom is 0.303 e. The molecule has 0 atom stereocenters. The number of Topliss-reactive ketones (excluding diaryl/α,β-unsaturated/α-hetero) is 1. The quantitative estimate of drug-likeness (QED) is 0.302. The molecule has 0 saturated heterocycles. The number of aliphatic hydroxyl groups is 1. The summed E-state index contributed by atoms with van der Waals surface area (Å²) < 4.78 is 5.71. The van der Waals surface area contributed by atoms with Crippen molar-refractivity contribution < 1.29 is 24.5 Å². The lowest BCUT2D eigenvalue weighted by Crippen LogP contribution is -2.26. The summed E-state index contributed by atoms with van der Waals surface area (Å²) in [5.74, 6) is -0.570. The molecule has 0 aromatic heterocycles. The van der Waals surface area contributed by atoms with E-state index in [4.69, 9.17) is 9.84 Å². The van der Waals surface area contributed by atoms with Gasteiger partial charge < -0.3 is 14.9 Å². The van der Waals surface area contributed by atoms with Crippen molar-refractivity contribution >= 4 is 17.8 Å². The van der Waals surface area contributed by atoms with Gasteiger partial charge in [-0.2, -0.15) is 0 Å².